The zero-order valence-corrected chi connectivity index (χ0v) is 15.2. The molecule has 12 heteroatoms. The minimum atomic E-state index is -4.78. The zero-order chi connectivity index (χ0) is 21.3. The number of alkyl halides is 3. The molecule has 0 radical (unpaired) electrons. The van der Waals surface area contributed by atoms with E-state index in [0.717, 1.165) is 41.7 Å². The molecule has 0 fully saturated rings. The molecule has 0 amide bonds. The van der Waals surface area contributed by atoms with Crippen LogP contribution in [0, 0.1) is 15.9 Å². The monoisotopic (exact) mass is 421 g/mol. The summed E-state index contributed by atoms with van der Waals surface area (Å²) in [6.07, 6.45) is -4.78. The Balaban J connectivity index is 2.24. The van der Waals surface area contributed by atoms with Crippen molar-refractivity contribution in [1.29, 1.82) is 0 Å². The minimum Gasteiger partial charge on any atom is -0.323 e. The van der Waals surface area contributed by atoms with Gasteiger partial charge in [0.1, 0.15) is 5.82 Å². The predicted octanol–water partition coefficient (Wildman–Crippen LogP) is 3.07. The zero-order valence-electron chi connectivity index (χ0n) is 14.4. The van der Waals surface area contributed by atoms with Crippen molar-refractivity contribution in [3.05, 3.63) is 69.5 Å². The molecule has 2 aromatic rings. The molecule has 1 atom stereocenters. The standard InChI is InChI=1S/C16H15F4N3O4S/c1-22(28(26,27)14-4-2-13(3-5-14)23(24)25)9-15(21)10-6-11(16(18,19)20)8-12(17)7-10/h2-8,15H,9,21H2,1H3/t15-/m0/s1. The van der Waals surface area contributed by atoms with Crippen molar-refractivity contribution in [2.75, 3.05) is 13.6 Å². The Morgan fingerprint density at radius 2 is 1.75 bits per heavy atom. The summed E-state index contributed by atoms with van der Waals surface area (Å²) in [5, 5.41) is 10.6. The summed E-state index contributed by atoms with van der Waals surface area (Å²) >= 11 is 0. The van der Waals surface area contributed by atoms with Gasteiger partial charge in [-0.25, -0.2) is 12.8 Å². The molecule has 2 rings (SSSR count). The summed E-state index contributed by atoms with van der Waals surface area (Å²) < 4.78 is 77.8. The normalized spacial score (nSPS) is 13.5. The Hall–Kier alpha value is -2.57. The number of hydrogen-bond acceptors (Lipinski definition) is 5. The van der Waals surface area contributed by atoms with Crippen molar-refractivity contribution in [2.24, 2.45) is 5.73 Å². The molecule has 0 bridgehead atoms. The molecule has 0 saturated carbocycles. The van der Waals surface area contributed by atoms with Gasteiger partial charge in [-0.2, -0.15) is 17.5 Å². The summed E-state index contributed by atoms with van der Waals surface area (Å²) in [4.78, 5) is 9.68. The smallest absolute Gasteiger partial charge is 0.323 e. The third kappa shape index (κ3) is 4.82. The number of hydrogen-bond donors (Lipinski definition) is 1. The van der Waals surface area contributed by atoms with Gasteiger partial charge in [0.15, 0.2) is 0 Å². The maximum Gasteiger partial charge on any atom is 0.416 e. The van der Waals surface area contributed by atoms with Crippen LogP contribution in [0.15, 0.2) is 47.4 Å². The quantitative estimate of drug-likeness (QED) is 0.438. The fourth-order valence-corrected chi connectivity index (χ4v) is 3.59. The average molecular weight is 421 g/mol. The van der Waals surface area contributed by atoms with E-state index in [1.54, 1.807) is 0 Å². The highest BCUT2D eigenvalue weighted by molar-refractivity contribution is 7.89. The molecule has 0 spiro atoms. The molecule has 7 nitrogen and oxygen atoms in total. The number of nitrogens with two attached hydrogens (primary N) is 1. The van der Waals surface area contributed by atoms with E-state index in [2.05, 4.69) is 0 Å². The largest absolute Gasteiger partial charge is 0.416 e. The molecule has 0 unspecified atom stereocenters. The van der Waals surface area contributed by atoms with Gasteiger partial charge in [-0.05, 0) is 35.9 Å². The van der Waals surface area contributed by atoms with Gasteiger partial charge in [-0.1, -0.05) is 0 Å². The lowest BCUT2D eigenvalue weighted by atomic mass is 10.0. The Kier molecular flexibility index (Phi) is 6.06. The second-order valence-electron chi connectivity index (χ2n) is 5.91. The lowest BCUT2D eigenvalue weighted by molar-refractivity contribution is -0.384. The van der Waals surface area contributed by atoms with Crippen LogP contribution in [-0.2, 0) is 16.2 Å². The lowest BCUT2D eigenvalue weighted by Gasteiger charge is -2.22. The van der Waals surface area contributed by atoms with Gasteiger partial charge in [0, 0.05) is 31.8 Å². The highest BCUT2D eigenvalue weighted by Crippen LogP contribution is 2.31. The van der Waals surface area contributed by atoms with Gasteiger partial charge in [0.2, 0.25) is 10.0 Å². The summed E-state index contributed by atoms with van der Waals surface area (Å²) in [5.74, 6) is -1.15. The number of non-ortho nitro benzene ring substituents is 1. The maximum atomic E-state index is 13.5. The predicted molar refractivity (Wildman–Crippen MR) is 91.2 cm³/mol. The highest BCUT2D eigenvalue weighted by Gasteiger charge is 2.32. The molecule has 152 valence electrons. The second-order valence-corrected chi connectivity index (χ2v) is 7.96. The van der Waals surface area contributed by atoms with Crippen molar-refractivity contribution < 1.29 is 30.9 Å². The summed E-state index contributed by atoms with van der Waals surface area (Å²) in [5.41, 5.74) is 4.02. The van der Waals surface area contributed by atoms with Gasteiger partial charge < -0.3 is 5.73 Å². The number of halogens is 4. The fourth-order valence-electron chi connectivity index (χ4n) is 2.39. The van der Waals surface area contributed by atoms with Crippen molar-refractivity contribution in [1.82, 2.24) is 4.31 Å². The number of nitro groups is 1. The first-order valence-corrected chi connectivity index (χ1v) is 9.10. The van der Waals surface area contributed by atoms with Crippen molar-refractivity contribution >= 4 is 15.7 Å². The molecule has 0 aliphatic rings. The number of rotatable bonds is 6. The van der Waals surface area contributed by atoms with Crippen molar-refractivity contribution in [3.63, 3.8) is 0 Å². The van der Waals surface area contributed by atoms with E-state index in [9.17, 15) is 36.1 Å². The number of nitrogens with zero attached hydrogens (tertiary/aromatic N) is 2. The number of benzene rings is 2. The van der Waals surface area contributed by atoms with Crippen molar-refractivity contribution in [2.45, 2.75) is 17.1 Å². The molecule has 0 aromatic heterocycles. The second kappa shape index (κ2) is 7.81. The molecule has 28 heavy (non-hydrogen) atoms. The van der Waals surface area contributed by atoms with E-state index >= 15 is 0 Å². The third-order valence-electron chi connectivity index (χ3n) is 3.89. The summed E-state index contributed by atoms with van der Waals surface area (Å²) in [7, 11) is -2.98. The van der Waals surface area contributed by atoms with Gasteiger partial charge in [0.25, 0.3) is 5.69 Å². The van der Waals surface area contributed by atoms with E-state index < -0.39 is 45.1 Å². The van der Waals surface area contributed by atoms with Gasteiger partial charge in [-0.3, -0.25) is 10.1 Å². The SMILES string of the molecule is CN(C[C@H](N)c1cc(F)cc(C(F)(F)F)c1)S(=O)(=O)c1ccc([N+](=O)[O-])cc1. The fraction of sp³-hybridized carbons (Fsp3) is 0.250. The molecular weight excluding hydrogens is 406 g/mol. The van der Waals surface area contributed by atoms with Crippen LogP contribution < -0.4 is 5.73 Å². The van der Waals surface area contributed by atoms with Crippen LogP contribution in [0.5, 0.6) is 0 Å². The van der Waals surface area contributed by atoms with Gasteiger partial charge >= 0.3 is 6.18 Å². The van der Waals surface area contributed by atoms with Crippen LogP contribution in [0.1, 0.15) is 17.2 Å². The molecule has 0 saturated heterocycles. The number of likely N-dealkylation sites (N-methyl/N-ethyl adjacent to an activating group) is 1. The first-order valence-electron chi connectivity index (χ1n) is 7.66. The molecule has 0 aliphatic heterocycles. The summed E-state index contributed by atoms with van der Waals surface area (Å²) in [6.45, 7) is -0.444. The molecule has 0 heterocycles. The van der Waals surface area contributed by atoms with Gasteiger partial charge in [-0.15, -0.1) is 0 Å². The van der Waals surface area contributed by atoms with Crippen LogP contribution in [0.2, 0.25) is 0 Å². The number of sulfonamides is 1. The van der Waals surface area contributed by atoms with Crippen molar-refractivity contribution in [3.8, 4) is 0 Å². The molecule has 2 N–H and O–H groups in total. The van der Waals surface area contributed by atoms with Crippen LogP contribution in [0.25, 0.3) is 0 Å². The molecule has 0 aliphatic carbocycles. The molecule has 2 aromatic carbocycles. The Labute approximate surface area is 157 Å². The first-order chi connectivity index (χ1) is 12.8. The van der Waals surface area contributed by atoms with E-state index in [1.165, 1.54) is 0 Å². The Bertz CT molecular complexity index is 978. The number of nitro benzene ring substituents is 1. The van der Waals surface area contributed by atoms with Crippen LogP contribution in [-0.4, -0.2) is 31.2 Å². The van der Waals surface area contributed by atoms with E-state index in [4.69, 9.17) is 5.73 Å². The molecular formula is C16H15F4N3O4S. The highest BCUT2D eigenvalue weighted by atomic mass is 32.2. The summed E-state index contributed by atoms with van der Waals surface area (Å²) in [6, 6.07) is 4.58. The topological polar surface area (TPSA) is 107 Å². The van der Waals surface area contributed by atoms with Crippen LogP contribution in [0.4, 0.5) is 23.2 Å². The van der Waals surface area contributed by atoms with E-state index in [-0.39, 0.29) is 16.1 Å². The van der Waals surface area contributed by atoms with Crippen LogP contribution >= 0.6 is 0 Å². The minimum absolute atomic E-state index is 0.224. The third-order valence-corrected chi connectivity index (χ3v) is 5.72. The van der Waals surface area contributed by atoms with Gasteiger partial charge in [0.05, 0.1) is 15.4 Å². The average Bonchev–Trinajstić information content (AvgIpc) is 2.60. The van der Waals surface area contributed by atoms with Crippen LogP contribution in [0.3, 0.4) is 0 Å². The van der Waals surface area contributed by atoms with E-state index in [0.29, 0.717) is 12.1 Å². The maximum absolute atomic E-state index is 13.5. The Morgan fingerprint density at radius 3 is 2.25 bits per heavy atom. The Morgan fingerprint density at radius 1 is 1.18 bits per heavy atom. The lowest BCUT2D eigenvalue weighted by Crippen LogP contribution is -2.34. The first kappa shape index (κ1) is 21.7. The van der Waals surface area contributed by atoms with E-state index in [1.807, 2.05) is 0 Å².